The average molecular weight is 179 g/mol. The number of aliphatic hydroxyl groups is 1. The van der Waals surface area contributed by atoms with Gasteiger partial charge in [-0.3, -0.25) is 0 Å². The van der Waals surface area contributed by atoms with E-state index in [1.54, 1.807) is 24.3 Å². The van der Waals surface area contributed by atoms with Gasteiger partial charge in [0.05, 0.1) is 6.61 Å². The van der Waals surface area contributed by atoms with Gasteiger partial charge < -0.3 is 5.11 Å². The van der Waals surface area contributed by atoms with Crippen molar-refractivity contribution in [2.24, 2.45) is 0 Å². The second kappa shape index (κ2) is 4.56. The lowest BCUT2D eigenvalue weighted by molar-refractivity contribution is 0.282. The zero-order valence-electron chi connectivity index (χ0n) is 5.25. The predicted octanol–water partition coefficient (Wildman–Crippen LogP) is 2.25. The maximum atomic E-state index is 8.59. The van der Waals surface area contributed by atoms with Crippen molar-refractivity contribution >= 4 is 24.0 Å². The fraction of sp³-hybridized carbons (Fsp3) is 0.143. The van der Waals surface area contributed by atoms with Crippen LogP contribution in [0.1, 0.15) is 5.56 Å². The Hall–Kier alpha value is -0.240. The van der Waals surface area contributed by atoms with Gasteiger partial charge in [-0.15, -0.1) is 12.4 Å². The van der Waals surface area contributed by atoms with Gasteiger partial charge in [0.1, 0.15) is 0 Å². The molecule has 0 bridgehead atoms. The van der Waals surface area contributed by atoms with Crippen molar-refractivity contribution in [2.45, 2.75) is 6.61 Å². The van der Waals surface area contributed by atoms with Gasteiger partial charge in [0.15, 0.2) is 0 Å². The van der Waals surface area contributed by atoms with Gasteiger partial charge in [0.25, 0.3) is 0 Å². The SMILES string of the molecule is Cl.OCc1ccc(Cl)cc1. The number of rotatable bonds is 1. The third-order valence-corrected chi connectivity index (χ3v) is 1.35. The van der Waals surface area contributed by atoms with E-state index in [-0.39, 0.29) is 19.0 Å². The lowest BCUT2D eigenvalue weighted by Crippen LogP contribution is -1.79. The lowest BCUT2D eigenvalue weighted by atomic mass is 10.2. The fourth-order valence-electron chi connectivity index (χ4n) is 0.590. The molecule has 1 aromatic carbocycles. The van der Waals surface area contributed by atoms with E-state index in [0.29, 0.717) is 5.02 Å². The van der Waals surface area contributed by atoms with Crippen LogP contribution < -0.4 is 0 Å². The van der Waals surface area contributed by atoms with Crippen molar-refractivity contribution < 1.29 is 5.11 Å². The van der Waals surface area contributed by atoms with Gasteiger partial charge in [-0.1, -0.05) is 23.7 Å². The number of benzene rings is 1. The van der Waals surface area contributed by atoms with Crippen LogP contribution in [0.3, 0.4) is 0 Å². The van der Waals surface area contributed by atoms with E-state index in [1.165, 1.54) is 0 Å². The van der Waals surface area contributed by atoms with Crippen LogP contribution in [0.15, 0.2) is 24.3 Å². The molecule has 0 spiro atoms. The highest BCUT2D eigenvalue weighted by molar-refractivity contribution is 6.30. The molecular weight excluding hydrogens is 171 g/mol. The molecule has 1 N–H and O–H groups in total. The molecule has 0 fully saturated rings. The van der Waals surface area contributed by atoms with Crippen molar-refractivity contribution in [2.75, 3.05) is 0 Å². The summed E-state index contributed by atoms with van der Waals surface area (Å²) in [5.41, 5.74) is 0.888. The summed E-state index contributed by atoms with van der Waals surface area (Å²) in [4.78, 5) is 0. The van der Waals surface area contributed by atoms with Crippen molar-refractivity contribution in [3.05, 3.63) is 34.9 Å². The Balaban J connectivity index is 0.000000810. The molecule has 0 heterocycles. The predicted molar refractivity (Wildman–Crippen MR) is 44.6 cm³/mol. The number of hydrogen-bond acceptors (Lipinski definition) is 1. The largest absolute Gasteiger partial charge is 0.392 e. The molecule has 0 aliphatic heterocycles. The topological polar surface area (TPSA) is 20.2 Å². The van der Waals surface area contributed by atoms with Gasteiger partial charge in [-0.25, -0.2) is 0 Å². The van der Waals surface area contributed by atoms with Gasteiger partial charge >= 0.3 is 0 Å². The van der Waals surface area contributed by atoms with E-state index in [9.17, 15) is 0 Å². The van der Waals surface area contributed by atoms with E-state index in [1.807, 2.05) is 0 Å². The summed E-state index contributed by atoms with van der Waals surface area (Å²) in [5, 5.41) is 9.29. The molecule has 0 aliphatic rings. The Bertz CT molecular complexity index is 183. The van der Waals surface area contributed by atoms with E-state index >= 15 is 0 Å². The molecule has 0 unspecified atom stereocenters. The van der Waals surface area contributed by atoms with Crippen molar-refractivity contribution in [3.8, 4) is 0 Å². The summed E-state index contributed by atoms with van der Waals surface area (Å²) in [5.74, 6) is 0. The van der Waals surface area contributed by atoms with Crippen LogP contribution in [0.4, 0.5) is 0 Å². The molecule has 0 radical (unpaired) electrons. The molecule has 1 rings (SSSR count). The lowest BCUT2D eigenvalue weighted by Gasteiger charge is -1.92. The number of halogens is 2. The maximum Gasteiger partial charge on any atom is 0.0681 e. The first-order valence-corrected chi connectivity index (χ1v) is 3.06. The van der Waals surface area contributed by atoms with Gasteiger partial charge in [-0.05, 0) is 17.7 Å². The van der Waals surface area contributed by atoms with Crippen LogP contribution in [-0.4, -0.2) is 5.11 Å². The minimum atomic E-state index is 0. The molecule has 3 heteroatoms. The monoisotopic (exact) mass is 178 g/mol. The molecule has 0 amide bonds. The summed E-state index contributed by atoms with van der Waals surface area (Å²) in [6, 6.07) is 7.10. The van der Waals surface area contributed by atoms with Gasteiger partial charge in [-0.2, -0.15) is 0 Å². The Morgan fingerprint density at radius 2 is 1.70 bits per heavy atom. The first-order chi connectivity index (χ1) is 4.33. The third kappa shape index (κ3) is 2.56. The van der Waals surface area contributed by atoms with E-state index < -0.39 is 0 Å². The molecule has 0 aliphatic carbocycles. The third-order valence-electron chi connectivity index (χ3n) is 1.10. The highest BCUT2D eigenvalue weighted by atomic mass is 35.5. The average Bonchev–Trinajstić information content (AvgIpc) is 1.90. The fourth-order valence-corrected chi connectivity index (χ4v) is 0.716. The van der Waals surface area contributed by atoms with Crippen LogP contribution in [0.2, 0.25) is 5.02 Å². The highest BCUT2D eigenvalue weighted by Crippen LogP contribution is 2.08. The Labute approximate surface area is 71.0 Å². The zero-order chi connectivity index (χ0) is 6.69. The molecule has 0 saturated carbocycles. The van der Waals surface area contributed by atoms with Crippen LogP contribution in [-0.2, 0) is 6.61 Å². The minimum Gasteiger partial charge on any atom is -0.392 e. The first-order valence-electron chi connectivity index (χ1n) is 2.68. The number of aliphatic hydroxyl groups excluding tert-OH is 1. The van der Waals surface area contributed by atoms with Crippen molar-refractivity contribution in [1.82, 2.24) is 0 Å². The molecular formula is C7H8Cl2O. The van der Waals surface area contributed by atoms with Crippen LogP contribution in [0, 0.1) is 0 Å². The molecule has 0 aromatic heterocycles. The summed E-state index contributed by atoms with van der Waals surface area (Å²) in [7, 11) is 0. The molecule has 56 valence electrons. The van der Waals surface area contributed by atoms with Crippen molar-refractivity contribution in [1.29, 1.82) is 0 Å². The summed E-state index contributed by atoms with van der Waals surface area (Å²) >= 11 is 5.59. The molecule has 0 saturated heterocycles. The van der Waals surface area contributed by atoms with Gasteiger partial charge in [0.2, 0.25) is 0 Å². The summed E-state index contributed by atoms with van der Waals surface area (Å²) in [6.45, 7) is 0.0805. The molecule has 1 nitrogen and oxygen atoms in total. The smallest absolute Gasteiger partial charge is 0.0681 e. The van der Waals surface area contributed by atoms with E-state index in [4.69, 9.17) is 16.7 Å². The minimum absolute atomic E-state index is 0. The Morgan fingerprint density at radius 1 is 1.20 bits per heavy atom. The highest BCUT2D eigenvalue weighted by Gasteiger charge is 1.87. The summed E-state index contributed by atoms with van der Waals surface area (Å²) < 4.78 is 0. The van der Waals surface area contributed by atoms with Crippen LogP contribution in [0.25, 0.3) is 0 Å². The molecule has 0 atom stereocenters. The Morgan fingerprint density at radius 3 is 2.10 bits per heavy atom. The standard InChI is InChI=1S/C7H7ClO.ClH/c8-7-3-1-6(5-9)2-4-7;/h1-4,9H,5H2;1H. The second-order valence-electron chi connectivity index (χ2n) is 1.78. The molecule has 1 aromatic rings. The normalized spacial score (nSPS) is 8.60. The first kappa shape index (κ1) is 9.76. The van der Waals surface area contributed by atoms with Crippen LogP contribution in [0.5, 0.6) is 0 Å². The Kier molecular flexibility index (Phi) is 4.45. The maximum absolute atomic E-state index is 8.59. The van der Waals surface area contributed by atoms with Crippen molar-refractivity contribution in [3.63, 3.8) is 0 Å². The van der Waals surface area contributed by atoms with E-state index in [0.717, 1.165) is 5.56 Å². The number of hydrogen-bond donors (Lipinski definition) is 1. The molecule has 10 heavy (non-hydrogen) atoms. The zero-order valence-corrected chi connectivity index (χ0v) is 6.82. The van der Waals surface area contributed by atoms with Crippen LogP contribution >= 0.6 is 24.0 Å². The summed E-state index contributed by atoms with van der Waals surface area (Å²) in [6.07, 6.45) is 0. The second-order valence-corrected chi connectivity index (χ2v) is 2.22. The van der Waals surface area contributed by atoms with E-state index in [2.05, 4.69) is 0 Å². The van der Waals surface area contributed by atoms with Gasteiger partial charge in [0, 0.05) is 5.02 Å². The quantitative estimate of drug-likeness (QED) is 0.700.